The van der Waals surface area contributed by atoms with Crippen molar-refractivity contribution in [2.45, 2.75) is 6.18 Å². The smallest absolute Gasteiger partial charge is 0.452 e. The summed E-state index contributed by atoms with van der Waals surface area (Å²) < 4.78 is 41.1. The quantitative estimate of drug-likeness (QED) is 0.579. The van der Waals surface area contributed by atoms with Crippen molar-refractivity contribution in [1.82, 2.24) is 0 Å². The molecular weight excluding hydrogens is 374 g/mol. The summed E-state index contributed by atoms with van der Waals surface area (Å²) in [5.74, 6) is 3.03. The highest BCUT2D eigenvalue weighted by molar-refractivity contribution is 14.1. The number of anilines is 1. The molecule has 0 radical (unpaired) electrons. The van der Waals surface area contributed by atoms with Crippen LogP contribution in [0.5, 0.6) is 0 Å². The van der Waals surface area contributed by atoms with Crippen molar-refractivity contribution in [3.63, 3.8) is 0 Å². The van der Waals surface area contributed by atoms with Crippen LogP contribution in [0.4, 0.5) is 23.7 Å². The van der Waals surface area contributed by atoms with Gasteiger partial charge >= 0.3 is 12.3 Å². The maximum atomic E-state index is 12.0. The zero-order chi connectivity index (χ0) is 14.5. The number of carbonyl (C=O) groups is 1. The van der Waals surface area contributed by atoms with Crippen molar-refractivity contribution in [1.29, 1.82) is 0 Å². The number of rotatable bonds is 2. The summed E-state index contributed by atoms with van der Waals surface area (Å²) in [4.78, 5) is 12.6. The van der Waals surface area contributed by atoms with Crippen LogP contribution in [0.25, 0.3) is 0 Å². The van der Waals surface area contributed by atoms with Crippen LogP contribution >= 0.6 is 22.6 Å². The van der Waals surface area contributed by atoms with E-state index >= 15 is 0 Å². The molecule has 0 N–H and O–H groups in total. The van der Waals surface area contributed by atoms with Gasteiger partial charge in [0, 0.05) is 9.49 Å². The van der Waals surface area contributed by atoms with Crippen molar-refractivity contribution >= 4 is 34.4 Å². The van der Waals surface area contributed by atoms with Gasteiger partial charge < -0.3 is 4.74 Å². The molecule has 0 aliphatic rings. The van der Waals surface area contributed by atoms with Gasteiger partial charge in [-0.2, -0.15) is 13.2 Å². The molecule has 1 rings (SSSR count). The van der Waals surface area contributed by atoms with E-state index in [1.165, 1.54) is 0 Å². The molecule has 0 aliphatic carbocycles. The summed E-state index contributed by atoms with van der Waals surface area (Å²) in [7, 11) is 1.16. The fourth-order valence-electron chi connectivity index (χ4n) is 1.25. The lowest BCUT2D eigenvalue weighted by molar-refractivity contribution is -0.0697. The van der Waals surface area contributed by atoms with E-state index in [-0.39, 0.29) is 0 Å². The third kappa shape index (κ3) is 4.98. The predicted molar refractivity (Wildman–Crippen MR) is 72.7 cm³/mol. The first kappa shape index (κ1) is 15.6. The van der Waals surface area contributed by atoms with E-state index in [2.05, 4.69) is 4.74 Å². The minimum Gasteiger partial charge on any atom is -0.452 e. The Balaban J connectivity index is 3.00. The third-order valence-corrected chi connectivity index (χ3v) is 2.92. The maximum Gasteiger partial charge on any atom is 0.457 e. The fraction of sp³-hybridized carbons (Fsp3) is 0.250. The monoisotopic (exact) mass is 383 g/mol. The van der Waals surface area contributed by atoms with E-state index in [0.717, 1.165) is 17.9 Å². The standard InChI is InChI=1S/C12H9F3INO2/c1-19-11(18)17(8-4-7-12(13,14)15)10-6-3-2-5-9(10)16/h2-3,5-6H,8H2,1H3. The van der Waals surface area contributed by atoms with Crippen LogP contribution in [0.15, 0.2) is 24.3 Å². The number of nitrogens with zero attached hydrogens (tertiary/aromatic N) is 1. The molecule has 0 bridgehead atoms. The topological polar surface area (TPSA) is 29.5 Å². The Kier molecular flexibility index (Phi) is 5.47. The highest BCUT2D eigenvalue weighted by Crippen LogP contribution is 2.22. The van der Waals surface area contributed by atoms with Gasteiger partial charge in [0.1, 0.15) is 0 Å². The molecule has 0 aliphatic heterocycles. The molecule has 7 heteroatoms. The molecule has 0 atom stereocenters. The van der Waals surface area contributed by atoms with Gasteiger partial charge in [0.25, 0.3) is 0 Å². The molecule has 1 aromatic carbocycles. The molecular formula is C12H9F3INO2. The number of alkyl halides is 3. The summed E-state index contributed by atoms with van der Waals surface area (Å²) in [6.07, 6.45) is -5.34. The largest absolute Gasteiger partial charge is 0.457 e. The first-order valence-corrected chi connectivity index (χ1v) is 6.10. The van der Waals surface area contributed by atoms with E-state index in [1.807, 2.05) is 28.5 Å². The number of methoxy groups -OCH3 is 1. The normalized spacial score (nSPS) is 10.4. The van der Waals surface area contributed by atoms with Gasteiger partial charge in [-0.3, -0.25) is 4.90 Å². The number of hydrogen-bond donors (Lipinski definition) is 0. The molecule has 102 valence electrons. The number of para-hydroxylation sites is 1. The lowest BCUT2D eigenvalue weighted by atomic mass is 10.3. The van der Waals surface area contributed by atoms with Gasteiger partial charge in [0.2, 0.25) is 0 Å². The van der Waals surface area contributed by atoms with Crippen molar-refractivity contribution < 1.29 is 22.7 Å². The minimum absolute atomic E-state index is 0.397. The lowest BCUT2D eigenvalue weighted by Crippen LogP contribution is -2.31. The first-order valence-electron chi connectivity index (χ1n) is 5.02. The molecule has 0 aromatic heterocycles. The maximum absolute atomic E-state index is 12.0. The second-order valence-corrected chi connectivity index (χ2v) is 4.47. The van der Waals surface area contributed by atoms with Gasteiger partial charge in [0.15, 0.2) is 0 Å². The van der Waals surface area contributed by atoms with Gasteiger partial charge in [-0.25, -0.2) is 4.79 Å². The van der Waals surface area contributed by atoms with Gasteiger partial charge in [-0.05, 0) is 34.7 Å². The van der Waals surface area contributed by atoms with Gasteiger partial charge in [0.05, 0.1) is 19.3 Å². The number of hydrogen-bond acceptors (Lipinski definition) is 2. The molecule has 1 aromatic rings. The predicted octanol–water partition coefficient (Wildman–Crippen LogP) is 3.43. The molecule has 3 nitrogen and oxygen atoms in total. The number of ether oxygens (including phenoxy) is 1. The zero-order valence-electron chi connectivity index (χ0n) is 9.79. The summed E-state index contributed by atoms with van der Waals surface area (Å²) in [6, 6.07) is 6.75. The van der Waals surface area contributed by atoms with E-state index in [1.54, 1.807) is 24.3 Å². The summed E-state index contributed by atoms with van der Waals surface area (Å²) in [6.45, 7) is -0.397. The van der Waals surface area contributed by atoms with E-state index in [9.17, 15) is 18.0 Å². The molecule has 0 saturated heterocycles. The minimum atomic E-state index is -4.58. The number of halogens is 4. The summed E-state index contributed by atoms with van der Waals surface area (Å²) in [5, 5.41) is 0. The first-order chi connectivity index (χ1) is 8.85. The van der Waals surface area contributed by atoms with Crippen LogP contribution in [0.3, 0.4) is 0 Å². The van der Waals surface area contributed by atoms with E-state index in [4.69, 9.17) is 0 Å². The average Bonchev–Trinajstić information content (AvgIpc) is 2.34. The summed E-state index contributed by atoms with van der Waals surface area (Å²) >= 11 is 1.97. The van der Waals surface area contributed by atoms with Crippen LogP contribution < -0.4 is 4.90 Å². The number of amides is 1. The van der Waals surface area contributed by atoms with Crippen molar-refractivity contribution in [3.05, 3.63) is 27.8 Å². The van der Waals surface area contributed by atoms with Gasteiger partial charge in [-0.1, -0.05) is 18.1 Å². The Morgan fingerprint density at radius 3 is 2.58 bits per heavy atom. The van der Waals surface area contributed by atoms with Crippen LogP contribution in [0, 0.1) is 15.4 Å². The zero-order valence-corrected chi connectivity index (χ0v) is 11.9. The average molecular weight is 383 g/mol. The Hall–Kier alpha value is -1.43. The second-order valence-electron chi connectivity index (χ2n) is 3.31. The number of benzene rings is 1. The highest BCUT2D eigenvalue weighted by Gasteiger charge is 2.23. The van der Waals surface area contributed by atoms with Crippen molar-refractivity contribution in [2.75, 3.05) is 18.6 Å². The Labute approximate surface area is 121 Å². The number of carbonyl (C=O) groups excluding carboxylic acids is 1. The van der Waals surface area contributed by atoms with Crippen LogP contribution in [-0.4, -0.2) is 25.9 Å². The van der Waals surface area contributed by atoms with Crippen LogP contribution in [0.1, 0.15) is 0 Å². The molecule has 0 fully saturated rings. The molecule has 0 unspecified atom stereocenters. The van der Waals surface area contributed by atoms with E-state index < -0.39 is 18.8 Å². The summed E-state index contributed by atoms with van der Waals surface area (Å²) in [5.41, 5.74) is 0.450. The highest BCUT2D eigenvalue weighted by atomic mass is 127. The SMILES string of the molecule is COC(=O)N(CC#CC(F)(F)F)c1ccccc1I. The lowest BCUT2D eigenvalue weighted by Gasteiger charge is -2.19. The Bertz CT molecular complexity index is 520. The molecule has 1 amide bonds. The molecule has 19 heavy (non-hydrogen) atoms. The van der Waals surface area contributed by atoms with E-state index in [0.29, 0.717) is 9.26 Å². The van der Waals surface area contributed by atoms with Crippen molar-refractivity contribution in [2.24, 2.45) is 0 Å². The third-order valence-electron chi connectivity index (χ3n) is 2.01. The second kappa shape index (κ2) is 6.65. The van der Waals surface area contributed by atoms with Crippen LogP contribution in [0.2, 0.25) is 0 Å². The Morgan fingerprint density at radius 1 is 1.42 bits per heavy atom. The Morgan fingerprint density at radius 2 is 2.05 bits per heavy atom. The van der Waals surface area contributed by atoms with Crippen molar-refractivity contribution in [3.8, 4) is 11.8 Å². The molecule has 0 saturated carbocycles. The van der Waals surface area contributed by atoms with Crippen LogP contribution in [-0.2, 0) is 4.74 Å². The molecule has 0 spiro atoms. The fourth-order valence-corrected chi connectivity index (χ4v) is 1.93. The van der Waals surface area contributed by atoms with Gasteiger partial charge in [-0.15, -0.1) is 0 Å². The molecule has 0 heterocycles.